The Morgan fingerprint density at radius 1 is 1.44 bits per heavy atom. The second-order valence-electron chi connectivity index (χ2n) is 4.35. The summed E-state index contributed by atoms with van der Waals surface area (Å²) in [6.45, 7) is 5.61. The van der Waals surface area contributed by atoms with Gasteiger partial charge >= 0.3 is 0 Å². The lowest BCUT2D eigenvalue weighted by Gasteiger charge is -2.12. The topological polar surface area (TPSA) is 41.3 Å². The van der Waals surface area contributed by atoms with Crippen LogP contribution >= 0.6 is 11.3 Å². The van der Waals surface area contributed by atoms with Gasteiger partial charge in [-0.3, -0.25) is 4.90 Å². The Labute approximate surface area is 112 Å². The van der Waals surface area contributed by atoms with Crippen molar-refractivity contribution in [1.29, 1.82) is 0 Å². The molecule has 0 unspecified atom stereocenters. The molecule has 2 rings (SSSR count). The lowest BCUT2D eigenvalue weighted by molar-refractivity contribution is 0.285. The van der Waals surface area contributed by atoms with Crippen molar-refractivity contribution in [3.05, 3.63) is 40.2 Å². The predicted molar refractivity (Wildman–Crippen MR) is 73.4 cm³/mol. The summed E-state index contributed by atoms with van der Waals surface area (Å²) in [5, 5.41) is 5.36. The van der Waals surface area contributed by atoms with Gasteiger partial charge in [-0.15, -0.1) is 11.3 Å². The maximum atomic E-state index is 5.55. The minimum Gasteiger partial charge on any atom is -0.468 e. The van der Waals surface area contributed by atoms with E-state index in [9.17, 15) is 0 Å². The Bertz CT molecular complexity index is 453. The highest BCUT2D eigenvalue weighted by atomic mass is 32.1. The van der Waals surface area contributed by atoms with Crippen LogP contribution in [0, 0.1) is 0 Å². The van der Waals surface area contributed by atoms with E-state index in [2.05, 4.69) is 40.6 Å². The Balaban J connectivity index is 1.83. The SMILES string of the molecule is CCNCc1coc(CN(C)Cc2cscn2)c1. The first-order chi connectivity index (χ1) is 8.78. The smallest absolute Gasteiger partial charge is 0.118 e. The first-order valence-electron chi connectivity index (χ1n) is 6.10. The molecule has 0 saturated heterocycles. The first-order valence-corrected chi connectivity index (χ1v) is 7.05. The van der Waals surface area contributed by atoms with Crippen LogP contribution in [-0.2, 0) is 19.6 Å². The summed E-state index contributed by atoms with van der Waals surface area (Å²) in [6.07, 6.45) is 1.83. The van der Waals surface area contributed by atoms with Crippen LogP contribution in [-0.4, -0.2) is 23.5 Å². The van der Waals surface area contributed by atoms with Crippen molar-refractivity contribution in [3.8, 4) is 0 Å². The van der Waals surface area contributed by atoms with Crippen molar-refractivity contribution in [3.63, 3.8) is 0 Å². The standard InChI is InChI=1S/C13H19N3OS/c1-3-14-5-11-4-13(17-8-11)7-16(2)6-12-9-18-10-15-12/h4,8-10,14H,3,5-7H2,1-2H3. The molecule has 0 amide bonds. The molecule has 2 heterocycles. The number of hydrogen-bond donors (Lipinski definition) is 1. The van der Waals surface area contributed by atoms with Crippen LogP contribution in [0.3, 0.4) is 0 Å². The number of thiazole rings is 1. The van der Waals surface area contributed by atoms with Crippen LogP contribution in [0.5, 0.6) is 0 Å². The van der Waals surface area contributed by atoms with E-state index in [1.807, 2.05) is 11.8 Å². The van der Waals surface area contributed by atoms with Gasteiger partial charge in [0, 0.05) is 24.0 Å². The zero-order valence-electron chi connectivity index (χ0n) is 10.8. The van der Waals surface area contributed by atoms with Gasteiger partial charge in [-0.05, 0) is 19.7 Å². The predicted octanol–water partition coefficient (Wildman–Crippen LogP) is 2.48. The van der Waals surface area contributed by atoms with Gasteiger partial charge in [0.05, 0.1) is 24.0 Å². The average Bonchev–Trinajstić information content (AvgIpc) is 2.98. The Kier molecular flexibility index (Phi) is 4.92. The monoisotopic (exact) mass is 265 g/mol. The van der Waals surface area contributed by atoms with Gasteiger partial charge in [-0.2, -0.15) is 0 Å². The molecule has 0 bridgehead atoms. The average molecular weight is 265 g/mol. The highest BCUT2D eigenvalue weighted by Crippen LogP contribution is 2.12. The quantitative estimate of drug-likeness (QED) is 0.835. The summed E-state index contributed by atoms with van der Waals surface area (Å²) in [7, 11) is 2.08. The van der Waals surface area contributed by atoms with Crippen molar-refractivity contribution < 1.29 is 4.42 Å². The molecule has 0 spiro atoms. The molecule has 0 saturated carbocycles. The van der Waals surface area contributed by atoms with Crippen LogP contribution in [0.25, 0.3) is 0 Å². The summed E-state index contributed by atoms with van der Waals surface area (Å²) in [6, 6.07) is 2.11. The van der Waals surface area contributed by atoms with E-state index < -0.39 is 0 Å². The zero-order valence-corrected chi connectivity index (χ0v) is 11.7. The third-order valence-corrected chi connectivity index (χ3v) is 3.26. The highest BCUT2D eigenvalue weighted by molar-refractivity contribution is 7.07. The minimum absolute atomic E-state index is 0.809. The normalized spacial score (nSPS) is 11.3. The molecule has 0 aliphatic rings. The third-order valence-electron chi connectivity index (χ3n) is 2.63. The molecule has 0 fully saturated rings. The summed E-state index contributed by atoms with van der Waals surface area (Å²) in [5.41, 5.74) is 4.18. The van der Waals surface area contributed by atoms with Gasteiger partial charge in [0.25, 0.3) is 0 Å². The summed E-state index contributed by atoms with van der Waals surface area (Å²) in [5.74, 6) is 1.00. The molecule has 0 radical (unpaired) electrons. The van der Waals surface area contributed by atoms with Crippen molar-refractivity contribution >= 4 is 11.3 Å². The van der Waals surface area contributed by atoms with Crippen LogP contribution in [0.4, 0.5) is 0 Å². The van der Waals surface area contributed by atoms with Crippen molar-refractivity contribution in [1.82, 2.24) is 15.2 Å². The Hall–Kier alpha value is -1.17. The number of aromatic nitrogens is 1. The molecule has 4 nitrogen and oxygen atoms in total. The number of rotatable bonds is 7. The minimum atomic E-state index is 0.809. The molecule has 0 aromatic carbocycles. The molecular formula is C13H19N3OS. The maximum Gasteiger partial charge on any atom is 0.118 e. The van der Waals surface area contributed by atoms with E-state index in [1.165, 1.54) is 5.56 Å². The Morgan fingerprint density at radius 3 is 3.06 bits per heavy atom. The molecule has 0 aliphatic carbocycles. The van der Waals surface area contributed by atoms with Gasteiger partial charge < -0.3 is 9.73 Å². The van der Waals surface area contributed by atoms with E-state index in [0.717, 1.165) is 37.6 Å². The molecular weight excluding hydrogens is 246 g/mol. The van der Waals surface area contributed by atoms with Gasteiger partial charge in [-0.1, -0.05) is 6.92 Å². The lowest BCUT2D eigenvalue weighted by Crippen LogP contribution is -2.17. The fourth-order valence-electron chi connectivity index (χ4n) is 1.79. The second-order valence-corrected chi connectivity index (χ2v) is 5.07. The highest BCUT2D eigenvalue weighted by Gasteiger charge is 2.07. The summed E-state index contributed by atoms with van der Waals surface area (Å²) < 4.78 is 5.55. The maximum absolute atomic E-state index is 5.55. The van der Waals surface area contributed by atoms with Gasteiger partial charge in [0.2, 0.25) is 0 Å². The molecule has 0 aliphatic heterocycles. The number of nitrogens with zero attached hydrogens (tertiary/aromatic N) is 2. The zero-order chi connectivity index (χ0) is 12.8. The van der Waals surface area contributed by atoms with Gasteiger partial charge in [0.1, 0.15) is 5.76 Å². The summed E-state index contributed by atoms with van der Waals surface area (Å²) >= 11 is 1.63. The van der Waals surface area contributed by atoms with E-state index in [0.29, 0.717) is 0 Å². The second kappa shape index (κ2) is 6.68. The van der Waals surface area contributed by atoms with Gasteiger partial charge in [-0.25, -0.2) is 4.98 Å². The number of nitrogens with one attached hydrogen (secondary N) is 1. The molecule has 5 heteroatoms. The van der Waals surface area contributed by atoms with E-state index in [4.69, 9.17) is 4.42 Å². The number of hydrogen-bond acceptors (Lipinski definition) is 5. The number of furan rings is 1. The summed E-state index contributed by atoms with van der Waals surface area (Å²) in [4.78, 5) is 6.48. The largest absolute Gasteiger partial charge is 0.468 e. The van der Waals surface area contributed by atoms with Crippen LogP contribution in [0.2, 0.25) is 0 Å². The van der Waals surface area contributed by atoms with Crippen LogP contribution in [0.1, 0.15) is 23.9 Å². The fraction of sp³-hybridized carbons (Fsp3) is 0.462. The molecule has 2 aromatic rings. The third kappa shape index (κ3) is 3.94. The van der Waals surface area contributed by atoms with Gasteiger partial charge in [0.15, 0.2) is 0 Å². The fourth-order valence-corrected chi connectivity index (χ4v) is 2.33. The van der Waals surface area contributed by atoms with E-state index in [-0.39, 0.29) is 0 Å². The van der Waals surface area contributed by atoms with E-state index in [1.54, 1.807) is 11.3 Å². The molecule has 0 atom stereocenters. The van der Waals surface area contributed by atoms with Crippen molar-refractivity contribution in [2.24, 2.45) is 0 Å². The molecule has 1 N–H and O–H groups in total. The van der Waals surface area contributed by atoms with Crippen molar-refractivity contribution in [2.45, 2.75) is 26.6 Å². The van der Waals surface area contributed by atoms with E-state index >= 15 is 0 Å². The molecule has 98 valence electrons. The van der Waals surface area contributed by atoms with Crippen LogP contribution in [0.15, 0.2) is 27.6 Å². The van der Waals surface area contributed by atoms with Crippen LogP contribution < -0.4 is 5.32 Å². The lowest BCUT2D eigenvalue weighted by atomic mass is 10.3. The first kappa shape index (κ1) is 13.3. The Morgan fingerprint density at radius 2 is 2.33 bits per heavy atom. The van der Waals surface area contributed by atoms with Crippen molar-refractivity contribution in [2.75, 3.05) is 13.6 Å². The molecule has 18 heavy (non-hydrogen) atoms. The molecule has 2 aromatic heterocycles.